The zero-order chi connectivity index (χ0) is 29.4. The molecule has 1 aromatic rings. The molecular formula is C33H50N2O5. The van der Waals surface area contributed by atoms with Crippen molar-refractivity contribution in [2.45, 2.75) is 97.8 Å². The molecule has 3 rings (SSSR count). The molecule has 0 spiro atoms. The number of phenols is 1. The molecule has 7 heteroatoms. The second kappa shape index (κ2) is 14.3. The second-order valence-corrected chi connectivity index (χ2v) is 12.7. The zero-order valence-electron chi connectivity index (χ0n) is 25.0. The van der Waals surface area contributed by atoms with Crippen molar-refractivity contribution in [1.82, 2.24) is 0 Å². The normalized spacial score (nSPS) is 21.4. The third-order valence-electron chi connectivity index (χ3n) is 8.72. The molecule has 1 fully saturated rings. The number of ether oxygens (including phenoxy) is 2. The van der Waals surface area contributed by atoms with E-state index in [1.54, 1.807) is 6.07 Å². The van der Waals surface area contributed by atoms with Crippen molar-refractivity contribution in [3.05, 3.63) is 41.5 Å². The molecule has 0 amide bonds. The Hall–Kier alpha value is -2.64. The maximum atomic E-state index is 13.4. The zero-order valence-corrected chi connectivity index (χ0v) is 25.0. The van der Waals surface area contributed by atoms with Gasteiger partial charge >= 0.3 is 11.9 Å². The van der Waals surface area contributed by atoms with Gasteiger partial charge in [-0.2, -0.15) is 0 Å². The van der Waals surface area contributed by atoms with E-state index < -0.39 is 5.97 Å². The van der Waals surface area contributed by atoms with Crippen molar-refractivity contribution >= 4 is 11.9 Å². The number of benzene rings is 1. The van der Waals surface area contributed by atoms with Crippen LogP contribution >= 0.6 is 0 Å². The minimum Gasteiger partial charge on any atom is -0.507 e. The fourth-order valence-corrected chi connectivity index (χ4v) is 6.53. The number of aromatic hydroxyl groups is 1. The van der Waals surface area contributed by atoms with E-state index in [9.17, 15) is 14.7 Å². The third kappa shape index (κ3) is 8.43. The van der Waals surface area contributed by atoms with Gasteiger partial charge in [0, 0.05) is 30.0 Å². The maximum Gasteiger partial charge on any atom is 0.311 e. The fourth-order valence-electron chi connectivity index (χ4n) is 6.53. The predicted octanol–water partition coefficient (Wildman–Crippen LogP) is 6.53. The molecule has 2 aliphatic rings. The topological polar surface area (TPSA) is 125 Å². The number of carbonyl (C=O) groups excluding carboxylic acids is 2. The monoisotopic (exact) mass is 554 g/mol. The van der Waals surface area contributed by atoms with Gasteiger partial charge in [0.25, 0.3) is 0 Å². The highest BCUT2D eigenvalue weighted by molar-refractivity contribution is 5.76. The molecular weight excluding hydrogens is 504 g/mol. The Kier molecular flexibility index (Phi) is 11.4. The summed E-state index contributed by atoms with van der Waals surface area (Å²) < 4.78 is 11.7. The number of hydrogen-bond acceptors (Lipinski definition) is 7. The summed E-state index contributed by atoms with van der Waals surface area (Å²) in [7, 11) is 0. The highest BCUT2D eigenvalue weighted by Gasteiger charge is 2.36. The van der Waals surface area contributed by atoms with Gasteiger partial charge < -0.3 is 26.0 Å². The molecule has 1 aromatic carbocycles. The van der Waals surface area contributed by atoms with Gasteiger partial charge in [-0.15, -0.1) is 0 Å². The molecule has 7 nitrogen and oxygen atoms in total. The molecule has 0 aromatic heterocycles. The summed E-state index contributed by atoms with van der Waals surface area (Å²) in [4.78, 5) is 26.2. The summed E-state index contributed by atoms with van der Waals surface area (Å²) in [5, 5.41) is 11.3. The van der Waals surface area contributed by atoms with Crippen LogP contribution in [0.3, 0.4) is 0 Å². The molecule has 1 saturated carbocycles. The lowest BCUT2D eigenvalue weighted by Crippen LogP contribution is -2.36. The van der Waals surface area contributed by atoms with Gasteiger partial charge in [0.2, 0.25) is 0 Å². The van der Waals surface area contributed by atoms with Gasteiger partial charge in [0.05, 0.1) is 6.42 Å². The molecule has 0 saturated heterocycles. The molecule has 5 N–H and O–H groups in total. The van der Waals surface area contributed by atoms with Gasteiger partial charge in [-0.05, 0) is 82.2 Å². The standard InChI is InChI=1S/C33H50N2O5/c1-21(2)13-24(19-34)15-30(37)39-25-16-28(36)32(27-14-23(5)9-10-26(27)22(3)4)29(17-25)40-31(38)18-33(20-35)11-7-6-8-12-33/h14,16-17,21,24,26-27,36H,3,6-13,15,18-20,34-35H2,1-2,4-5H3/t24-,26-,27+/m0/s1. The number of hydrogen-bond donors (Lipinski definition) is 3. The molecule has 2 aliphatic carbocycles. The van der Waals surface area contributed by atoms with Crippen molar-refractivity contribution in [2.75, 3.05) is 13.1 Å². The lowest BCUT2D eigenvalue weighted by atomic mass is 9.72. The van der Waals surface area contributed by atoms with Crippen molar-refractivity contribution in [3.63, 3.8) is 0 Å². The maximum absolute atomic E-state index is 13.4. The number of phenolic OH excluding ortho intramolecular Hbond substituents is 1. The molecule has 222 valence electrons. The lowest BCUT2D eigenvalue weighted by Gasteiger charge is -2.35. The minimum absolute atomic E-state index is 0.00675. The van der Waals surface area contributed by atoms with Crippen LogP contribution in [0.4, 0.5) is 0 Å². The Labute approximate surface area is 240 Å². The van der Waals surface area contributed by atoms with E-state index in [-0.39, 0.29) is 59.2 Å². The summed E-state index contributed by atoms with van der Waals surface area (Å²) in [6.07, 6.45) is 10.2. The number of carbonyl (C=O) groups is 2. The van der Waals surface area contributed by atoms with E-state index in [1.165, 1.54) is 11.6 Å². The molecule has 0 radical (unpaired) electrons. The summed E-state index contributed by atoms with van der Waals surface area (Å²) in [6.45, 7) is 13.3. The molecule has 0 aliphatic heterocycles. The van der Waals surface area contributed by atoms with Crippen LogP contribution in [-0.4, -0.2) is 30.1 Å². The van der Waals surface area contributed by atoms with Crippen LogP contribution in [0.5, 0.6) is 17.2 Å². The average molecular weight is 555 g/mol. The Balaban J connectivity index is 1.95. The largest absolute Gasteiger partial charge is 0.507 e. The van der Waals surface area contributed by atoms with Crippen LogP contribution in [-0.2, 0) is 9.59 Å². The number of nitrogens with two attached hydrogens (primary N) is 2. The van der Waals surface area contributed by atoms with Gasteiger partial charge in [0.15, 0.2) is 0 Å². The van der Waals surface area contributed by atoms with E-state index in [1.807, 2.05) is 6.92 Å². The molecule has 0 bridgehead atoms. The predicted molar refractivity (Wildman–Crippen MR) is 159 cm³/mol. The van der Waals surface area contributed by atoms with Gasteiger partial charge in [0.1, 0.15) is 17.2 Å². The van der Waals surface area contributed by atoms with Crippen LogP contribution in [0.25, 0.3) is 0 Å². The summed E-state index contributed by atoms with van der Waals surface area (Å²) in [6, 6.07) is 3.01. The van der Waals surface area contributed by atoms with E-state index in [4.69, 9.17) is 20.9 Å². The first-order chi connectivity index (χ1) is 19.0. The van der Waals surface area contributed by atoms with Crippen molar-refractivity contribution in [1.29, 1.82) is 0 Å². The Morgan fingerprint density at radius 2 is 1.82 bits per heavy atom. The number of allylic oxidation sites excluding steroid dienone is 3. The van der Waals surface area contributed by atoms with Crippen LogP contribution in [0.1, 0.15) is 103 Å². The van der Waals surface area contributed by atoms with E-state index in [2.05, 4.69) is 33.4 Å². The molecule has 3 atom stereocenters. The van der Waals surface area contributed by atoms with Crippen LogP contribution in [0.15, 0.2) is 35.9 Å². The second-order valence-electron chi connectivity index (χ2n) is 12.7. The van der Waals surface area contributed by atoms with Crippen LogP contribution in [0.2, 0.25) is 0 Å². The third-order valence-corrected chi connectivity index (χ3v) is 8.72. The van der Waals surface area contributed by atoms with Crippen molar-refractivity contribution < 1.29 is 24.2 Å². The Morgan fingerprint density at radius 3 is 2.42 bits per heavy atom. The average Bonchev–Trinajstić information content (AvgIpc) is 2.88. The van der Waals surface area contributed by atoms with Gasteiger partial charge in [-0.25, -0.2) is 0 Å². The highest BCUT2D eigenvalue weighted by atomic mass is 16.5. The van der Waals surface area contributed by atoms with Gasteiger partial charge in [-0.1, -0.05) is 56.9 Å². The summed E-state index contributed by atoms with van der Waals surface area (Å²) in [5.41, 5.74) is 14.5. The number of esters is 2. The Bertz CT molecular complexity index is 1090. The quantitative estimate of drug-likeness (QED) is 0.152. The first-order valence-corrected chi connectivity index (χ1v) is 15.0. The fraction of sp³-hybridized carbons (Fsp3) is 0.636. The van der Waals surface area contributed by atoms with E-state index in [0.29, 0.717) is 24.6 Å². The number of rotatable bonds is 12. The van der Waals surface area contributed by atoms with Crippen LogP contribution < -0.4 is 20.9 Å². The van der Waals surface area contributed by atoms with Gasteiger partial charge in [-0.3, -0.25) is 9.59 Å². The molecule has 0 heterocycles. The lowest BCUT2D eigenvalue weighted by molar-refractivity contribution is -0.137. The minimum atomic E-state index is -0.432. The van der Waals surface area contributed by atoms with E-state index in [0.717, 1.165) is 56.9 Å². The molecule has 0 unspecified atom stereocenters. The first-order valence-electron chi connectivity index (χ1n) is 15.0. The van der Waals surface area contributed by atoms with Crippen molar-refractivity contribution in [3.8, 4) is 17.2 Å². The van der Waals surface area contributed by atoms with Crippen molar-refractivity contribution in [2.24, 2.45) is 34.6 Å². The first kappa shape index (κ1) is 31.9. The summed E-state index contributed by atoms with van der Waals surface area (Å²) >= 11 is 0. The molecule has 40 heavy (non-hydrogen) atoms. The highest BCUT2D eigenvalue weighted by Crippen LogP contribution is 2.48. The SMILES string of the molecule is C=C(C)[C@@H]1CCC(C)=C[C@H]1c1c(O)cc(OC(=O)C[C@@H](CN)CC(C)C)cc1OC(=O)CC1(CN)CCCCC1. The Morgan fingerprint density at radius 1 is 1.12 bits per heavy atom. The van der Waals surface area contributed by atoms with E-state index >= 15 is 0 Å². The smallest absolute Gasteiger partial charge is 0.311 e. The van der Waals surface area contributed by atoms with Crippen LogP contribution in [0, 0.1) is 23.2 Å². The summed E-state index contributed by atoms with van der Waals surface area (Å²) in [5.74, 6) is -0.256.